The smallest absolute Gasteiger partial charge is 0.225 e. The Hall–Kier alpha value is -2.79. The summed E-state index contributed by atoms with van der Waals surface area (Å²) < 4.78 is 5.36. The molecule has 3 aromatic rings. The third-order valence-electron chi connectivity index (χ3n) is 5.59. The zero-order valence-corrected chi connectivity index (χ0v) is 16.4. The number of carbonyl (C=O) groups excluding carboxylic acids is 1. The number of nitrogens with zero attached hydrogens (tertiary/aromatic N) is 1. The Balaban J connectivity index is 1.63. The van der Waals surface area contributed by atoms with Crippen LogP contribution in [0, 0.1) is 5.92 Å². The van der Waals surface area contributed by atoms with Crippen molar-refractivity contribution in [3.63, 3.8) is 0 Å². The van der Waals surface area contributed by atoms with E-state index in [0.717, 1.165) is 17.6 Å². The van der Waals surface area contributed by atoms with E-state index in [0.29, 0.717) is 19.8 Å². The Morgan fingerprint density at radius 1 is 1.21 bits per heavy atom. The molecule has 1 saturated heterocycles. The fourth-order valence-corrected chi connectivity index (χ4v) is 3.88. The number of fused-ring (bicyclic) bond motifs is 1. The lowest BCUT2D eigenvalue weighted by molar-refractivity contribution is -0.124. The molecule has 146 valence electrons. The zero-order valence-electron chi connectivity index (χ0n) is 16.4. The summed E-state index contributed by atoms with van der Waals surface area (Å²) >= 11 is 0. The lowest BCUT2D eigenvalue weighted by atomic mass is 9.90. The van der Waals surface area contributed by atoms with Gasteiger partial charge in [0.1, 0.15) is 0 Å². The minimum Gasteiger partial charge on any atom is -0.381 e. The Morgan fingerprint density at radius 2 is 2.00 bits per heavy atom. The van der Waals surface area contributed by atoms with Gasteiger partial charge in [-0.05, 0) is 35.7 Å². The van der Waals surface area contributed by atoms with Crippen molar-refractivity contribution in [2.24, 2.45) is 5.92 Å². The van der Waals surface area contributed by atoms with Crippen LogP contribution in [0.1, 0.15) is 23.5 Å². The van der Waals surface area contributed by atoms with E-state index < -0.39 is 0 Å². The molecule has 4 rings (SSSR count). The van der Waals surface area contributed by atoms with E-state index >= 15 is 0 Å². The van der Waals surface area contributed by atoms with Crippen molar-refractivity contribution in [3.8, 4) is 0 Å². The third-order valence-corrected chi connectivity index (χ3v) is 5.59. The number of para-hydroxylation sites is 1. The standard InChI is InChI=1S/C23H27N3O2/c1-26(2)18-9-7-16(8-10-18)20(13-25-23(27)17-11-12-28-15-17)21-14-24-22-6-4-3-5-19(21)22/h3-10,14,17,20,24H,11-13,15H2,1-2H3,(H,25,27)/t17-,20+/m1/s1. The first-order valence-corrected chi connectivity index (χ1v) is 9.82. The summed E-state index contributed by atoms with van der Waals surface area (Å²) in [5.74, 6) is 0.144. The van der Waals surface area contributed by atoms with Gasteiger partial charge in [0.05, 0.1) is 12.5 Å². The molecule has 1 aromatic heterocycles. The number of carbonyl (C=O) groups is 1. The summed E-state index contributed by atoms with van der Waals surface area (Å²) in [6, 6.07) is 16.9. The van der Waals surface area contributed by atoms with Crippen LogP contribution in [0.3, 0.4) is 0 Å². The molecule has 0 unspecified atom stereocenters. The molecule has 28 heavy (non-hydrogen) atoms. The maximum Gasteiger partial charge on any atom is 0.225 e. The number of ether oxygens (including phenoxy) is 1. The van der Waals surface area contributed by atoms with Gasteiger partial charge in [-0.25, -0.2) is 0 Å². The summed E-state index contributed by atoms with van der Waals surface area (Å²) in [5.41, 5.74) is 4.67. The van der Waals surface area contributed by atoms with Gasteiger partial charge in [0.15, 0.2) is 0 Å². The van der Waals surface area contributed by atoms with Gasteiger partial charge in [0.25, 0.3) is 0 Å². The number of amides is 1. The van der Waals surface area contributed by atoms with Crippen LogP contribution in [-0.2, 0) is 9.53 Å². The SMILES string of the molecule is CN(C)c1ccc([C@H](CNC(=O)[C@@H]2CCOC2)c2c[nH]c3ccccc23)cc1. The number of hydrogen-bond acceptors (Lipinski definition) is 3. The van der Waals surface area contributed by atoms with Crippen LogP contribution in [0.5, 0.6) is 0 Å². The van der Waals surface area contributed by atoms with Crippen molar-refractivity contribution in [3.05, 3.63) is 65.9 Å². The molecule has 0 aliphatic carbocycles. The van der Waals surface area contributed by atoms with Crippen LogP contribution in [0.15, 0.2) is 54.7 Å². The van der Waals surface area contributed by atoms with Crippen molar-refractivity contribution in [1.82, 2.24) is 10.3 Å². The molecule has 1 aliphatic heterocycles. The van der Waals surface area contributed by atoms with Crippen LogP contribution in [-0.4, -0.2) is 44.7 Å². The molecular weight excluding hydrogens is 350 g/mol. The third kappa shape index (κ3) is 3.76. The van der Waals surface area contributed by atoms with Crippen LogP contribution in [0.2, 0.25) is 0 Å². The van der Waals surface area contributed by atoms with Gasteiger partial charge in [-0.2, -0.15) is 0 Å². The number of benzene rings is 2. The van der Waals surface area contributed by atoms with Crippen molar-refractivity contribution < 1.29 is 9.53 Å². The molecule has 5 heteroatoms. The van der Waals surface area contributed by atoms with Crippen molar-refractivity contribution >= 4 is 22.5 Å². The van der Waals surface area contributed by atoms with E-state index in [2.05, 4.69) is 63.9 Å². The van der Waals surface area contributed by atoms with Gasteiger partial charge < -0.3 is 19.9 Å². The summed E-state index contributed by atoms with van der Waals surface area (Å²) in [7, 11) is 4.08. The van der Waals surface area contributed by atoms with E-state index in [1.54, 1.807) is 0 Å². The number of anilines is 1. The van der Waals surface area contributed by atoms with Crippen molar-refractivity contribution in [2.45, 2.75) is 12.3 Å². The first-order chi connectivity index (χ1) is 13.6. The van der Waals surface area contributed by atoms with E-state index in [1.165, 1.54) is 16.5 Å². The fourth-order valence-electron chi connectivity index (χ4n) is 3.88. The molecule has 2 heterocycles. The molecule has 0 saturated carbocycles. The second-order valence-corrected chi connectivity index (χ2v) is 7.63. The monoisotopic (exact) mass is 377 g/mol. The van der Waals surface area contributed by atoms with Gasteiger partial charge in [-0.3, -0.25) is 4.79 Å². The number of hydrogen-bond donors (Lipinski definition) is 2. The summed E-state index contributed by atoms with van der Waals surface area (Å²) in [5, 5.41) is 4.37. The van der Waals surface area contributed by atoms with Crippen LogP contribution in [0.25, 0.3) is 10.9 Å². The molecule has 2 aromatic carbocycles. The molecular formula is C23H27N3O2. The molecule has 0 radical (unpaired) electrons. The quantitative estimate of drug-likeness (QED) is 0.691. The minimum absolute atomic E-state index is 0.0280. The highest BCUT2D eigenvalue weighted by atomic mass is 16.5. The summed E-state index contributed by atoms with van der Waals surface area (Å²) in [4.78, 5) is 18.0. The molecule has 1 amide bonds. The molecule has 1 fully saturated rings. The normalized spacial score (nSPS) is 17.6. The van der Waals surface area contributed by atoms with E-state index in [-0.39, 0.29) is 17.7 Å². The predicted molar refractivity (Wildman–Crippen MR) is 113 cm³/mol. The zero-order chi connectivity index (χ0) is 19.5. The first kappa shape index (κ1) is 18.6. The lowest BCUT2D eigenvalue weighted by Gasteiger charge is -2.21. The van der Waals surface area contributed by atoms with Gasteiger partial charge in [0, 0.05) is 56.0 Å². The maximum atomic E-state index is 12.6. The fraction of sp³-hybridized carbons (Fsp3) is 0.348. The lowest BCUT2D eigenvalue weighted by Crippen LogP contribution is -2.34. The molecule has 1 aliphatic rings. The van der Waals surface area contributed by atoms with E-state index in [4.69, 9.17) is 4.74 Å². The number of rotatable bonds is 6. The van der Waals surface area contributed by atoms with Crippen LogP contribution in [0.4, 0.5) is 5.69 Å². The van der Waals surface area contributed by atoms with E-state index in [9.17, 15) is 4.79 Å². The molecule has 2 N–H and O–H groups in total. The van der Waals surface area contributed by atoms with Crippen molar-refractivity contribution in [1.29, 1.82) is 0 Å². The second-order valence-electron chi connectivity index (χ2n) is 7.63. The minimum atomic E-state index is -0.0280. The molecule has 5 nitrogen and oxygen atoms in total. The Bertz CT molecular complexity index is 940. The largest absolute Gasteiger partial charge is 0.381 e. The number of nitrogens with one attached hydrogen (secondary N) is 2. The molecule has 2 atom stereocenters. The van der Waals surface area contributed by atoms with Crippen molar-refractivity contribution in [2.75, 3.05) is 38.8 Å². The second kappa shape index (κ2) is 8.07. The number of aromatic amines is 1. The number of H-pyrrole nitrogens is 1. The van der Waals surface area contributed by atoms with Gasteiger partial charge >= 0.3 is 0 Å². The summed E-state index contributed by atoms with van der Waals surface area (Å²) in [6.07, 6.45) is 2.88. The Morgan fingerprint density at radius 3 is 2.71 bits per heavy atom. The average molecular weight is 377 g/mol. The van der Waals surface area contributed by atoms with E-state index in [1.807, 2.05) is 20.2 Å². The van der Waals surface area contributed by atoms with Crippen LogP contribution < -0.4 is 10.2 Å². The topological polar surface area (TPSA) is 57.4 Å². The average Bonchev–Trinajstić information content (AvgIpc) is 3.39. The predicted octanol–water partition coefficient (Wildman–Crippen LogP) is 3.52. The van der Waals surface area contributed by atoms with Crippen LogP contribution >= 0.6 is 0 Å². The highest BCUT2D eigenvalue weighted by molar-refractivity contribution is 5.84. The first-order valence-electron chi connectivity index (χ1n) is 9.82. The van der Waals surface area contributed by atoms with Gasteiger partial charge in [-0.15, -0.1) is 0 Å². The van der Waals surface area contributed by atoms with Gasteiger partial charge in [-0.1, -0.05) is 30.3 Å². The maximum absolute atomic E-state index is 12.6. The van der Waals surface area contributed by atoms with Gasteiger partial charge in [0.2, 0.25) is 5.91 Å². The molecule has 0 bridgehead atoms. The Kier molecular flexibility index (Phi) is 5.35. The highest BCUT2D eigenvalue weighted by Gasteiger charge is 2.25. The molecule has 0 spiro atoms. The summed E-state index contributed by atoms with van der Waals surface area (Å²) in [6.45, 7) is 1.77. The highest BCUT2D eigenvalue weighted by Crippen LogP contribution is 2.31. The number of aromatic nitrogens is 1. The Labute approximate surface area is 165 Å².